The number of hydrogen-bond acceptors (Lipinski definition) is 6. The lowest BCUT2D eigenvalue weighted by Gasteiger charge is -2.08. The molecule has 3 heterocycles. The number of benzene rings is 1. The lowest BCUT2D eigenvalue weighted by molar-refractivity contribution is -0.116. The van der Waals surface area contributed by atoms with E-state index >= 15 is 0 Å². The number of nitrogens with zero attached hydrogens (tertiary/aromatic N) is 3. The number of thioether (sulfide) groups is 1. The number of hydrogen-bond donors (Lipinski definition) is 1. The molecule has 0 bridgehead atoms. The van der Waals surface area contributed by atoms with Gasteiger partial charge in [-0.2, -0.15) is 0 Å². The van der Waals surface area contributed by atoms with Crippen LogP contribution < -0.4 is 10.9 Å². The largest absolute Gasteiger partial charge is 0.325 e. The molecule has 0 radical (unpaired) electrons. The van der Waals surface area contributed by atoms with Crippen molar-refractivity contribution in [1.82, 2.24) is 14.5 Å². The number of carbonyl (C=O) groups is 1. The van der Waals surface area contributed by atoms with Gasteiger partial charge in [0.1, 0.15) is 4.83 Å². The molecule has 0 saturated heterocycles. The van der Waals surface area contributed by atoms with Gasteiger partial charge < -0.3 is 5.32 Å². The molecule has 0 atom stereocenters. The standard InChI is InChI=1S/C22H20N4O2S2/c1-14-3-5-15(6-4-14)17-12-30-21-20(17)22(28)26(13-24-21)10-9-18(27)25-16-7-8-19(29-2)23-11-16/h3-8,11-13H,9-10H2,1-2H3,(H,25,27). The van der Waals surface area contributed by atoms with Crippen molar-refractivity contribution in [3.05, 3.63) is 70.2 Å². The number of aromatic nitrogens is 3. The van der Waals surface area contributed by atoms with Gasteiger partial charge in [0.15, 0.2) is 0 Å². The summed E-state index contributed by atoms with van der Waals surface area (Å²) >= 11 is 2.99. The van der Waals surface area contributed by atoms with Crippen molar-refractivity contribution in [3.63, 3.8) is 0 Å². The monoisotopic (exact) mass is 436 g/mol. The van der Waals surface area contributed by atoms with Gasteiger partial charge in [0.25, 0.3) is 5.56 Å². The highest BCUT2D eigenvalue weighted by atomic mass is 32.2. The molecule has 4 rings (SSSR count). The van der Waals surface area contributed by atoms with Crippen molar-refractivity contribution in [2.45, 2.75) is 24.9 Å². The summed E-state index contributed by atoms with van der Waals surface area (Å²) in [5.41, 5.74) is 3.54. The predicted molar refractivity (Wildman–Crippen MR) is 123 cm³/mol. The van der Waals surface area contributed by atoms with Gasteiger partial charge in [-0.15, -0.1) is 23.1 Å². The van der Waals surface area contributed by atoms with Crippen LogP contribution in [0.1, 0.15) is 12.0 Å². The van der Waals surface area contributed by atoms with Crippen LogP contribution >= 0.6 is 23.1 Å². The minimum Gasteiger partial charge on any atom is -0.325 e. The van der Waals surface area contributed by atoms with E-state index in [2.05, 4.69) is 15.3 Å². The lowest BCUT2D eigenvalue weighted by Crippen LogP contribution is -2.23. The fourth-order valence-corrected chi connectivity index (χ4v) is 4.36. The Hall–Kier alpha value is -2.97. The molecule has 0 aliphatic carbocycles. The van der Waals surface area contributed by atoms with Gasteiger partial charge in [-0.3, -0.25) is 14.2 Å². The fourth-order valence-electron chi connectivity index (χ4n) is 3.09. The van der Waals surface area contributed by atoms with Crippen LogP contribution in [0, 0.1) is 6.92 Å². The van der Waals surface area contributed by atoms with E-state index in [-0.39, 0.29) is 24.4 Å². The van der Waals surface area contributed by atoms with Gasteiger partial charge >= 0.3 is 0 Å². The number of thiophene rings is 1. The van der Waals surface area contributed by atoms with Crippen LogP contribution in [0.4, 0.5) is 5.69 Å². The summed E-state index contributed by atoms with van der Waals surface area (Å²) < 4.78 is 1.50. The molecule has 1 aromatic carbocycles. The molecule has 4 aromatic rings. The zero-order chi connectivity index (χ0) is 21.1. The molecular formula is C22H20N4O2S2. The smallest absolute Gasteiger partial charge is 0.262 e. The second-order valence-electron chi connectivity index (χ2n) is 6.83. The third kappa shape index (κ3) is 4.29. The van der Waals surface area contributed by atoms with Crippen molar-refractivity contribution in [1.29, 1.82) is 0 Å². The maximum absolute atomic E-state index is 13.1. The molecule has 0 saturated carbocycles. The van der Waals surface area contributed by atoms with E-state index in [0.29, 0.717) is 15.9 Å². The molecule has 30 heavy (non-hydrogen) atoms. The van der Waals surface area contributed by atoms with Crippen molar-refractivity contribution in [2.24, 2.45) is 0 Å². The number of anilines is 1. The average molecular weight is 437 g/mol. The van der Waals surface area contributed by atoms with Gasteiger partial charge in [-0.25, -0.2) is 9.97 Å². The topological polar surface area (TPSA) is 76.9 Å². The van der Waals surface area contributed by atoms with Crippen LogP contribution in [0.3, 0.4) is 0 Å². The molecule has 152 valence electrons. The highest BCUT2D eigenvalue weighted by molar-refractivity contribution is 7.98. The quantitative estimate of drug-likeness (QED) is 0.448. The Kier molecular flexibility index (Phi) is 5.96. The molecule has 8 heteroatoms. The number of amides is 1. The number of carbonyl (C=O) groups excluding carboxylic acids is 1. The van der Waals surface area contributed by atoms with E-state index in [0.717, 1.165) is 21.7 Å². The first kappa shape index (κ1) is 20.3. The van der Waals surface area contributed by atoms with Gasteiger partial charge in [0, 0.05) is 23.9 Å². The maximum atomic E-state index is 13.1. The summed E-state index contributed by atoms with van der Waals surface area (Å²) in [5, 5.41) is 6.27. The summed E-state index contributed by atoms with van der Waals surface area (Å²) in [5.74, 6) is -0.176. The van der Waals surface area contributed by atoms with Crippen LogP contribution in [0.5, 0.6) is 0 Å². The third-order valence-electron chi connectivity index (χ3n) is 4.73. The second-order valence-corrected chi connectivity index (χ2v) is 8.51. The van der Waals surface area contributed by atoms with Gasteiger partial charge in [0.2, 0.25) is 5.91 Å². The highest BCUT2D eigenvalue weighted by Gasteiger charge is 2.14. The highest BCUT2D eigenvalue weighted by Crippen LogP contribution is 2.30. The minimum atomic E-state index is -0.176. The molecule has 0 aliphatic heterocycles. The Morgan fingerprint density at radius 1 is 1.17 bits per heavy atom. The first-order valence-electron chi connectivity index (χ1n) is 9.39. The van der Waals surface area contributed by atoms with Gasteiger partial charge in [0.05, 0.1) is 28.6 Å². The number of pyridine rings is 1. The normalized spacial score (nSPS) is 11.0. The molecule has 0 aliphatic rings. The Morgan fingerprint density at radius 2 is 1.97 bits per heavy atom. The number of rotatable bonds is 6. The van der Waals surface area contributed by atoms with E-state index in [4.69, 9.17) is 0 Å². The summed E-state index contributed by atoms with van der Waals surface area (Å²) in [7, 11) is 0. The second kappa shape index (κ2) is 8.81. The van der Waals surface area contributed by atoms with E-state index < -0.39 is 0 Å². The van der Waals surface area contributed by atoms with Crippen molar-refractivity contribution in [2.75, 3.05) is 11.6 Å². The molecule has 3 aromatic heterocycles. The van der Waals surface area contributed by atoms with Crippen LogP contribution in [-0.2, 0) is 11.3 Å². The molecule has 0 spiro atoms. The lowest BCUT2D eigenvalue weighted by atomic mass is 10.1. The predicted octanol–water partition coefficient (Wildman–Crippen LogP) is 4.58. The minimum absolute atomic E-state index is 0.129. The SMILES string of the molecule is CSc1ccc(NC(=O)CCn2cnc3scc(-c4ccc(C)cc4)c3c2=O)cn1. The first-order chi connectivity index (χ1) is 14.5. The first-order valence-corrected chi connectivity index (χ1v) is 11.5. The molecule has 1 amide bonds. The Balaban J connectivity index is 1.52. The van der Waals surface area contributed by atoms with E-state index in [1.807, 2.05) is 55.0 Å². The van der Waals surface area contributed by atoms with E-state index in [1.165, 1.54) is 34.0 Å². The maximum Gasteiger partial charge on any atom is 0.262 e. The summed E-state index contributed by atoms with van der Waals surface area (Å²) in [6, 6.07) is 11.7. The molecule has 1 N–H and O–H groups in total. The summed E-state index contributed by atoms with van der Waals surface area (Å²) in [6.45, 7) is 2.29. The van der Waals surface area contributed by atoms with Crippen molar-refractivity contribution < 1.29 is 4.79 Å². The van der Waals surface area contributed by atoms with Crippen molar-refractivity contribution >= 4 is 44.9 Å². The third-order valence-corrected chi connectivity index (χ3v) is 6.28. The zero-order valence-electron chi connectivity index (χ0n) is 16.6. The van der Waals surface area contributed by atoms with Crippen LogP contribution in [0.2, 0.25) is 0 Å². The van der Waals surface area contributed by atoms with Gasteiger partial charge in [-0.1, -0.05) is 29.8 Å². The van der Waals surface area contributed by atoms with Crippen LogP contribution in [0.25, 0.3) is 21.3 Å². The fraction of sp³-hybridized carbons (Fsp3) is 0.182. The zero-order valence-corrected chi connectivity index (χ0v) is 18.2. The number of aryl methyl sites for hydroxylation is 2. The van der Waals surface area contributed by atoms with Crippen LogP contribution in [0.15, 0.2) is 64.1 Å². The molecule has 6 nitrogen and oxygen atoms in total. The Morgan fingerprint density at radius 3 is 2.67 bits per heavy atom. The van der Waals surface area contributed by atoms with E-state index in [9.17, 15) is 9.59 Å². The average Bonchev–Trinajstić information content (AvgIpc) is 3.19. The summed E-state index contributed by atoms with van der Waals surface area (Å²) in [4.78, 5) is 34.8. The number of nitrogens with one attached hydrogen (secondary N) is 1. The molecule has 0 unspecified atom stereocenters. The van der Waals surface area contributed by atoms with Crippen molar-refractivity contribution in [3.8, 4) is 11.1 Å². The number of fused-ring (bicyclic) bond motifs is 1. The Labute approximate surface area is 182 Å². The molecular weight excluding hydrogens is 416 g/mol. The Bertz CT molecular complexity index is 1250. The van der Waals surface area contributed by atoms with Crippen LogP contribution in [-0.4, -0.2) is 26.7 Å². The van der Waals surface area contributed by atoms with Gasteiger partial charge in [-0.05, 0) is 30.9 Å². The summed E-state index contributed by atoms with van der Waals surface area (Å²) in [6.07, 6.45) is 5.26. The van der Waals surface area contributed by atoms with E-state index in [1.54, 1.807) is 6.20 Å². The molecule has 0 fully saturated rings.